The van der Waals surface area contributed by atoms with Crippen LogP contribution in [0.3, 0.4) is 0 Å². The van der Waals surface area contributed by atoms with E-state index in [-0.39, 0.29) is 12.2 Å². The quantitative estimate of drug-likeness (QED) is 0.651. The maximum atomic E-state index is 13.0. The van der Waals surface area contributed by atoms with Crippen LogP contribution in [0.5, 0.6) is 5.75 Å². The van der Waals surface area contributed by atoms with E-state index in [0.717, 1.165) is 11.6 Å². The van der Waals surface area contributed by atoms with E-state index in [9.17, 15) is 18.8 Å². The second kappa shape index (κ2) is 9.54. The minimum atomic E-state index is -0.657. The molecule has 142 valence electrons. The molecule has 0 bridgehead atoms. The summed E-state index contributed by atoms with van der Waals surface area (Å²) in [6, 6.07) is 9.98. The molecule has 0 saturated heterocycles. The van der Waals surface area contributed by atoms with Gasteiger partial charge in [0, 0.05) is 10.6 Å². The smallest absolute Gasteiger partial charge is 0.276 e. The molecule has 0 aliphatic heterocycles. The van der Waals surface area contributed by atoms with Crippen LogP contribution < -0.4 is 20.9 Å². The molecule has 2 rings (SSSR count). The average Bonchev–Trinajstić information content (AvgIpc) is 2.65. The van der Waals surface area contributed by atoms with Crippen molar-refractivity contribution in [3.63, 3.8) is 0 Å². The van der Waals surface area contributed by atoms with Gasteiger partial charge in [0.1, 0.15) is 11.6 Å². The Morgan fingerprint density at radius 1 is 1.07 bits per heavy atom. The molecule has 0 spiro atoms. The lowest BCUT2D eigenvalue weighted by molar-refractivity contribution is -0.129. The van der Waals surface area contributed by atoms with Gasteiger partial charge in [-0.3, -0.25) is 25.2 Å². The van der Waals surface area contributed by atoms with Crippen molar-refractivity contribution in [1.29, 1.82) is 0 Å². The van der Waals surface area contributed by atoms with Gasteiger partial charge in [0.05, 0.1) is 6.54 Å². The molecular formula is C18H17ClFN3O4. The van der Waals surface area contributed by atoms with Gasteiger partial charge in [0.2, 0.25) is 0 Å². The van der Waals surface area contributed by atoms with Crippen molar-refractivity contribution < 1.29 is 23.5 Å². The van der Waals surface area contributed by atoms with Gasteiger partial charge in [0.15, 0.2) is 6.61 Å². The number of carbonyl (C=O) groups is 3. The number of hydrogen-bond donors (Lipinski definition) is 3. The van der Waals surface area contributed by atoms with E-state index in [1.165, 1.54) is 18.2 Å². The topological polar surface area (TPSA) is 96.5 Å². The Morgan fingerprint density at radius 2 is 1.81 bits per heavy atom. The summed E-state index contributed by atoms with van der Waals surface area (Å²) >= 11 is 5.90. The molecule has 0 aromatic heterocycles. The number of carbonyl (C=O) groups excluding carboxylic acids is 3. The van der Waals surface area contributed by atoms with Crippen LogP contribution in [0.4, 0.5) is 4.39 Å². The molecule has 0 aliphatic rings. The fourth-order valence-electron chi connectivity index (χ4n) is 1.97. The molecule has 3 amide bonds. The van der Waals surface area contributed by atoms with Gasteiger partial charge in [0.25, 0.3) is 17.7 Å². The summed E-state index contributed by atoms with van der Waals surface area (Å²) < 4.78 is 18.3. The Hall–Kier alpha value is -3.13. The van der Waals surface area contributed by atoms with Crippen molar-refractivity contribution in [2.24, 2.45) is 0 Å². The average molecular weight is 394 g/mol. The van der Waals surface area contributed by atoms with Crippen LogP contribution in [0.15, 0.2) is 42.5 Å². The molecule has 2 aromatic rings. The molecular weight excluding hydrogens is 377 g/mol. The van der Waals surface area contributed by atoms with Crippen LogP contribution >= 0.6 is 11.6 Å². The number of halogens is 2. The van der Waals surface area contributed by atoms with Crippen LogP contribution in [-0.2, 0) is 9.59 Å². The van der Waals surface area contributed by atoms with Crippen molar-refractivity contribution in [2.75, 3.05) is 13.2 Å². The highest BCUT2D eigenvalue weighted by atomic mass is 35.5. The molecule has 0 saturated carbocycles. The fraction of sp³-hybridized carbons (Fsp3) is 0.167. The predicted molar refractivity (Wildman–Crippen MR) is 96.7 cm³/mol. The Balaban J connectivity index is 1.69. The van der Waals surface area contributed by atoms with E-state index in [1.807, 2.05) is 0 Å². The van der Waals surface area contributed by atoms with Crippen molar-refractivity contribution >= 4 is 29.3 Å². The maximum Gasteiger partial charge on any atom is 0.276 e. The van der Waals surface area contributed by atoms with Crippen molar-refractivity contribution in [3.05, 3.63) is 64.4 Å². The molecule has 3 N–H and O–H groups in total. The molecule has 0 fully saturated rings. The number of nitrogens with one attached hydrogen (secondary N) is 3. The number of aryl methyl sites for hydroxylation is 1. The normalized spacial score (nSPS) is 10.0. The number of hydrazine groups is 1. The molecule has 0 unspecified atom stereocenters. The third-order valence-electron chi connectivity index (χ3n) is 3.34. The first-order chi connectivity index (χ1) is 12.8. The summed E-state index contributed by atoms with van der Waals surface area (Å²) in [6.45, 7) is 1.08. The molecule has 0 radical (unpaired) electrons. The highest BCUT2D eigenvalue weighted by molar-refractivity contribution is 6.31. The zero-order valence-corrected chi connectivity index (χ0v) is 15.1. The molecule has 2 aromatic carbocycles. The van der Waals surface area contributed by atoms with Gasteiger partial charge >= 0.3 is 0 Å². The van der Waals surface area contributed by atoms with Crippen molar-refractivity contribution in [1.82, 2.24) is 16.2 Å². The minimum Gasteiger partial charge on any atom is -0.484 e. The molecule has 0 atom stereocenters. The minimum absolute atomic E-state index is 0.0819. The van der Waals surface area contributed by atoms with Crippen molar-refractivity contribution in [2.45, 2.75) is 6.92 Å². The van der Waals surface area contributed by atoms with Gasteiger partial charge in [-0.2, -0.15) is 0 Å². The maximum absolute atomic E-state index is 13.0. The number of ether oxygens (including phenoxy) is 1. The zero-order chi connectivity index (χ0) is 19.8. The summed E-state index contributed by atoms with van der Waals surface area (Å²) in [4.78, 5) is 35.1. The number of hydrogen-bond acceptors (Lipinski definition) is 4. The van der Waals surface area contributed by atoms with Crippen molar-refractivity contribution in [3.8, 4) is 5.75 Å². The molecule has 9 heteroatoms. The van der Waals surface area contributed by atoms with E-state index in [0.29, 0.717) is 10.8 Å². The Labute approximate surface area is 159 Å². The number of amides is 3. The molecule has 0 heterocycles. The third-order valence-corrected chi connectivity index (χ3v) is 3.76. The van der Waals surface area contributed by atoms with Crippen LogP contribution in [0.2, 0.25) is 5.02 Å². The van der Waals surface area contributed by atoms with Crippen LogP contribution in [0.1, 0.15) is 15.9 Å². The van der Waals surface area contributed by atoms with Gasteiger partial charge < -0.3 is 10.1 Å². The standard InChI is InChI=1S/C18H17ClFN3O4/c1-11-7-14(5-6-15(11)19)27-10-17(25)23-22-16(24)9-21-18(26)12-3-2-4-13(20)8-12/h2-8H,9-10H2,1H3,(H,21,26)(H,22,24)(H,23,25). The first kappa shape index (κ1) is 20.2. The lowest BCUT2D eigenvalue weighted by atomic mass is 10.2. The molecule has 0 aliphatic carbocycles. The van der Waals surface area contributed by atoms with Crippen LogP contribution in [0.25, 0.3) is 0 Å². The molecule has 27 heavy (non-hydrogen) atoms. The largest absolute Gasteiger partial charge is 0.484 e. The summed E-state index contributed by atoms with van der Waals surface area (Å²) in [7, 11) is 0. The van der Waals surface area contributed by atoms with Gasteiger partial charge in [-0.25, -0.2) is 4.39 Å². The molecule has 7 nitrogen and oxygen atoms in total. The summed E-state index contributed by atoms with van der Waals surface area (Å²) in [6.07, 6.45) is 0. The highest BCUT2D eigenvalue weighted by Gasteiger charge is 2.10. The number of benzene rings is 2. The second-order valence-corrected chi connectivity index (χ2v) is 5.90. The summed E-state index contributed by atoms with van der Waals surface area (Å²) in [5.74, 6) is -1.96. The van der Waals surface area contributed by atoms with Crippen LogP contribution in [-0.4, -0.2) is 30.9 Å². The first-order valence-corrected chi connectivity index (χ1v) is 8.23. The highest BCUT2D eigenvalue weighted by Crippen LogP contribution is 2.20. The van der Waals surface area contributed by atoms with Crippen LogP contribution in [0, 0.1) is 12.7 Å². The lowest BCUT2D eigenvalue weighted by Crippen LogP contribution is -2.47. The fourth-order valence-corrected chi connectivity index (χ4v) is 2.09. The zero-order valence-electron chi connectivity index (χ0n) is 14.3. The Kier molecular flexibility index (Phi) is 7.13. The van der Waals surface area contributed by atoms with E-state index in [4.69, 9.17) is 16.3 Å². The number of rotatable bonds is 6. The van der Waals surface area contributed by atoms with Gasteiger partial charge in [-0.1, -0.05) is 17.7 Å². The Bertz CT molecular complexity index is 860. The second-order valence-electron chi connectivity index (χ2n) is 5.49. The summed E-state index contributed by atoms with van der Waals surface area (Å²) in [5, 5.41) is 2.89. The van der Waals surface area contributed by atoms with E-state index in [1.54, 1.807) is 25.1 Å². The third kappa shape index (κ3) is 6.59. The van der Waals surface area contributed by atoms with Gasteiger partial charge in [-0.05, 0) is 48.9 Å². The van der Waals surface area contributed by atoms with E-state index < -0.39 is 30.1 Å². The SMILES string of the molecule is Cc1cc(OCC(=O)NNC(=O)CNC(=O)c2cccc(F)c2)ccc1Cl. The van der Waals surface area contributed by atoms with E-state index in [2.05, 4.69) is 16.2 Å². The first-order valence-electron chi connectivity index (χ1n) is 7.85. The summed E-state index contributed by atoms with van der Waals surface area (Å²) in [5.41, 5.74) is 5.16. The lowest BCUT2D eigenvalue weighted by Gasteiger charge is -2.10. The Morgan fingerprint density at radius 3 is 2.52 bits per heavy atom. The monoisotopic (exact) mass is 393 g/mol. The van der Waals surface area contributed by atoms with E-state index >= 15 is 0 Å². The van der Waals surface area contributed by atoms with Gasteiger partial charge in [-0.15, -0.1) is 0 Å². The predicted octanol–water partition coefficient (Wildman–Crippen LogP) is 1.74.